The highest BCUT2D eigenvalue weighted by Gasteiger charge is 2.39. The number of hydrogen-bond donors (Lipinski definition) is 1. The van der Waals surface area contributed by atoms with Crippen LogP contribution in [0, 0.1) is 10.1 Å². The van der Waals surface area contributed by atoms with Crippen LogP contribution in [0.5, 0.6) is 0 Å². The summed E-state index contributed by atoms with van der Waals surface area (Å²) >= 11 is 0. The molecule has 0 aliphatic carbocycles. The Balaban J connectivity index is 1.36. The molecule has 26 heavy (non-hydrogen) atoms. The number of piperidine rings is 1. The Hall–Kier alpha value is -2.68. The summed E-state index contributed by atoms with van der Waals surface area (Å²) in [6, 6.07) is 4.62. The van der Waals surface area contributed by atoms with Crippen molar-refractivity contribution in [2.45, 2.75) is 50.4 Å². The summed E-state index contributed by atoms with van der Waals surface area (Å²) in [4.78, 5) is 25.1. The van der Waals surface area contributed by atoms with Gasteiger partial charge in [-0.15, -0.1) is 0 Å². The molecule has 0 radical (unpaired) electrons. The maximum atomic E-state index is 12.5. The fourth-order valence-corrected chi connectivity index (χ4v) is 4.06. The van der Waals surface area contributed by atoms with Crippen LogP contribution in [0.2, 0.25) is 0 Å². The van der Waals surface area contributed by atoms with E-state index >= 15 is 0 Å². The van der Waals surface area contributed by atoms with Crippen molar-refractivity contribution < 1.29 is 14.1 Å². The summed E-state index contributed by atoms with van der Waals surface area (Å²) in [7, 11) is 2.17. The van der Waals surface area contributed by atoms with Gasteiger partial charge in [0, 0.05) is 18.1 Å². The number of nitrogens with one attached hydrogen (secondary N) is 1. The van der Waals surface area contributed by atoms with Crippen molar-refractivity contribution in [3.05, 3.63) is 46.2 Å². The van der Waals surface area contributed by atoms with Crippen LogP contribution in [-0.2, 0) is 6.54 Å². The van der Waals surface area contributed by atoms with Gasteiger partial charge in [-0.3, -0.25) is 19.6 Å². The van der Waals surface area contributed by atoms with Crippen LogP contribution in [0.3, 0.4) is 0 Å². The number of nitro groups is 1. The van der Waals surface area contributed by atoms with E-state index in [9.17, 15) is 14.9 Å². The molecule has 9 nitrogen and oxygen atoms in total. The lowest BCUT2D eigenvalue weighted by molar-refractivity contribution is -0.385. The maximum absolute atomic E-state index is 12.5. The Morgan fingerprint density at radius 2 is 2.12 bits per heavy atom. The molecule has 2 aliphatic heterocycles. The number of rotatable bonds is 5. The van der Waals surface area contributed by atoms with E-state index in [4.69, 9.17) is 4.42 Å². The second-order valence-corrected chi connectivity index (χ2v) is 7.11. The fraction of sp³-hybridized carbons (Fsp3) is 0.529. The number of carbonyl (C=O) groups excluding carboxylic acids is 1. The highest BCUT2D eigenvalue weighted by atomic mass is 16.6. The van der Waals surface area contributed by atoms with Crippen molar-refractivity contribution in [3.8, 4) is 0 Å². The van der Waals surface area contributed by atoms with Gasteiger partial charge in [0.15, 0.2) is 5.76 Å². The number of carbonyl (C=O) groups is 1. The molecule has 2 saturated heterocycles. The zero-order chi connectivity index (χ0) is 18.3. The van der Waals surface area contributed by atoms with Crippen molar-refractivity contribution in [3.63, 3.8) is 0 Å². The van der Waals surface area contributed by atoms with Crippen LogP contribution in [0.25, 0.3) is 0 Å². The molecule has 4 heterocycles. The van der Waals surface area contributed by atoms with Crippen molar-refractivity contribution in [1.82, 2.24) is 20.0 Å². The SMILES string of the molecule is CN1C2CCC1CC(NC(=O)c1ccc(Cn3cc([N+](=O)[O-])cn3)o1)C2. The summed E-state index contributed by atoms with van der Waals surface area (Å²) in [5.41, 5.74) is -0.0774. The highest BCUT2D eigenvalue weighted by Crippen LogP contribution is 2.34. The Morgan fingerprint density at radius 3 is 2.77 bits per heavy atom. The molecule has 0 saturated carbocycles. The third-order valence-electron chi connectivity index (χ3n) is 5.47. The summed E-state index contributed by atoms with van der Waals surface area (Å²) in [5, 5.41) is 17.7. The van der Waals surface area contributed by atoms with Gasteiger partial charge in [0.25, 0.3) is 5.91 Å². The van der Waals surface area contributed by atoms with Gasteiger partial charge in [0.2, 0.25) is 0 Å². The van der Waals surface area contributed by atoms with E-state index in [0.29, 0.717) is 17.8 Å². The first-order valence-corrected chi connectivity index (χ1v) is 8.78. The second kappa shape index (κ2) is 6.56. The summed E-state index contributed by atoms with van der Waals surface area (Å²) in [5.74, 6) is 0.571. The van der Waals surface area contributed by atoms with E-state index in [0.717, 1.165) is 12.8 Å². The van der Waals surface area contributed by atoms with Gasteiger partial charge >= 0.3 is 5.69 Å². The van der Waals surface area contributed by atoms with Gasteiger partial charge in [-0.2, -0.15) is 5.10 Å². The lowest BCUT2D eigenvalue weighted by atomic mass is 9.98. The van der Waals surface area contributed by atoms with E-state index < -0.39 is 4.92 Å². The van der Waals surface area contributed by atoms with Crippen LogP contribution in [0.4, 0.5) is 5.69 Å². The molecule has 2 atom stereocenters. The lowest BCUT2D eigenvalue weighted by Crippen LogP contribution is -2.48. The van der Waals surface area contributed by atoms with Crippen LogP contribution >= 0.6 is 0 Å². The van der Waals surface area contributed by atoms with Crippen LogP contribution in [0.15, 0.2) is 28.9 Å². The first-order chi connectivity index (χ1) is 12.5. The number of nitrogens with zero attached hydrogens (tertiary/aromatic N) is 4. The summed E-state index contributed by atoms with van der Waals surface area (Å²) in [6.45, 7) is 0.236. The lowest BCUT2D eigenvalue weighted by Gasteiger charge is -2.36. The van der Waals surface area contributed by atoms with Crippen molar-refractivity contribution in [2.24, 2.45) is 0 Å². The van der Waals surface area contributed by atoms with Crippen molar-refractivity contribution in [1.29, 1.82) is 0 Å². The molecule has 2 unspecified atom stereocenters. The molecule has 138 valence electrons. The Kier molecular flexibility index (Phi) is 4.23. The third kappa shape index (κ3) is 3.22. The molecule has 0 aromatic carbocycles. The smallest absolute Gasteiger partial charge is 0.307 e. The third-order valence-corrected chi connectivity index (χ3v) is 5.47. The average molecular weight is 359 g/mol. The normalized spacial score (nSPS) is 25.3. The predicted molar refractivity (Wildman–Crippen MR) is 91.8 cm³/mol. The molecule has 1 amide bonds. The topological polar surface area (TPSA) is 106 Å². The van der Waals surface area contributed by atoms with Gasteiger partial charge in [0.05, 0.1) is 11.5 Å². The monoisotopic (exact) mass is 359 g/mol. The Bertz CT molecular complexity index is 815. The van der Waals surface area contributed by atoms with Gasteiger partial charge in [-0.25, -0.2) is 0 Å². The molecule has 0 spiro atoms. The molecule has 2 aromatic heterocycles. The van der Waals surface area contributed by atoms with Crippen LogP contribution in [0.1, 0.15) is 42.0 Å². The number of fused-ring (bicyclic) bond motifs is 2. The van der Waals surface area contributed by atoms with Gasteiger partial charge < -0.3 is 14.6 Å². The molecule has 9 heteroatoms. The zero-order valence-corrected chi connectivity index (χ0v) is 14.5. The van der Waals surface area contributed by atoms with Gasteiger partial charge in [0.1, 0.15) is 18.2 Å². The average Bonchev–Trinajstić information content (AvgIpc) is 3.29. The number of aromatic nitrogens is 2. The maximum Gasteiger partial charge on any atom is 0.307 e. The molecule has 1 N–H and O–H groups in total. The first-order valence-electron chi connectivity index (χ1n) is 8.78. The largest absolute Gasteiger partial charge is 0.454 e. The second-order valence-electron chi connectivity index (χ2n) is 7.11. The van der Waals surface area contributed by atoms with E-state index in [1.54, 1.807) is 12.1 Å². The minimum absolute atomic E-state index is 0.0774. The quantitative estimate of drug-likeness (QED) is 0.644. The number of hydrogen-bond acceptors (Lipinski definition) is 6. The van der Waals surface area contributed by atoms with Crippen molar-refractivity contribution in [2.75, 3.05) is 7.05 Å². The van der Waals surface area contributed by atoms with E-state index in [-0.39, 0.29) is 29.9 Å². The van der Waals surface area contributed by atoms with E-state index in [1.165, 1.54) is 29.9 Å². The molecule has 2 aliphatic rings. The molecular formula is C17H21N5O4. The van der Waals surface area contributed by atoms with E-state index in [1.807, 2.05) is 0 Å². The van der Waals surface area contributed by atoms with Crippen molar-refractivity contribution >= 4 is 11.6 Å². The van der Waals surface area contributed by atoms with Gasteiger partial charge in [-0.05, 0) is 44.9 Å². The molecule has 4 rings (SSSR count). The first kappa shape index (κ1) is 16.8. The number of furan rings is 1. The van der Waals surface area contributed by atoms with Crippen LogP contribution < -0.4 is 5.32 Å². The summed E-state index contributed by atoms with van der Waals surface area (Å²) < 4.78 is 7.01. The standard InChI is InChI=1S/C17H21N5O4/c1-20-12-2-3-13(20)7-11(6-12)19-17(23)16-5-4-15(26-16)10-21-9-14(8-18-21)22(24)25/h4-5,8-9,11-13H,2-3,6-7,10H2,1H3,(H,19,23). The molecule has 2 aromatic rings. The minimum Gasteiger partial charge on any atom is -0.454 e. The van der Waals surface area contributed by atoms with Crippen LogP contribution in [-0.4, -0.2) is 50.7 Å². The Morgan fingerprint density at radius 1 is 1.38 bits per heavy atom. The fourth-order valence-electron chi connectivity index (χ4n) is 4.06. The summed E-state index contributed by atoms with van der Waals surface area (Å²) in [6.07, 6.45) is 6.87. The molecular weight excluding hydrogens is 338 g/mol. The zero-order valence-electron chi connectivity index (χ0n) is 14.5. The highest BCUT2D eigenvalue weighted by molar-refractivity contribution is 5.91. The number of amides is 1. The molecule has 2 bridgehead atoms. The minimum atomic E-state index is -0.501. The van der Waals surface area contributed by atoms with E-state index in [2.05, 4.69) is 22.4 Å². The van der Waals surface area contributed by atoms with Gasteiger partial charge in [-0.1, -0.05) is 0 Å². The Labute approximate surface area is 150 Å². The predicted octanol–water partition coefficient (Wildman–Crippen LogP) is 1.79. The molecule has 2 fully saturated rings.